The van der Waals surface area contributed by atoms with Crippen LogP contribution in [-0.2, 0) is 16.1 Å². The summed E-state index contributed by atoms with van der Waals surface area (Å²) in [7, 11) is 0. The van der Waals surface area contributed by atoms with Crippen LogP contribution in [0.25, 0.3) is 22.3 Å². The number of ether oxygens (including phenoxy) is 1. The minimum Gasteiger partial charge on any atom is -0.457 e. The number of hydrogen-bond acceptors (Lipinski definition) is 12. The smallest absolute Gasteiger partial charge is 0.260 e. The number of para-hydroxylation sites is 1. The average molecular weight is 794 g/mol. The minimum absolute atomic E-state index is 0.0318. The minimum atomic E-state index is -0.837. The lowest BCUT2D eigenvalue weighted by atomic mass is 9.93. The molecule has 0 saturated carbocycles. The van der Waals surface area contributed by atoms with E-state index in [9.17, 15) is 14.4 Å². The van der Waals surface area contributed by atoms with E-state index in [1.165, 1.54) is 11.2 Å². The molecule has 15 nitrogen and oxygen atoms in total. The molecular formula is C44H47N11O4. The second-order valence-electron chi connectivity index (χ2n) is 16.6. The molecule has 0 aliphatic carbocycles. The number of amidine groups is 1. The van der Waals surface area contributed by atoms with Crippen LogP contribution in [0.4, 0.5) is 11.5 Å². The Bertz CT molecular complexity index is 2440. The molecule has 15 heteroatoms. The number of carbonyl (C=O) groups is 3. The molecule has 0 spiro atoms. The van der Waals surface area contributed by atoms with Gasteiger partial charge in [-0.3, -0.25) is 39.8 Å². The number of nitrogens with one attached hydrogen (secondary N) is 2. The maximum absolute atomic E-state index is 13.2. The number of benzene rings is 3. The average Bonchev–Trinajstić information content (AvgIpc) is 3.92. The Morgan fingerprint density at radius 1 is 0.814 bits per heavy atom. The molecule has 59 heavy (non-hydrogen) atoms. The van der Waals surface area contributed by atoms with Gasteiger partial charge in [-0.1, -0.05) is 18.2 Å². The van der Waals surface area contributed by atoms with E-state index in [2.05, 4.69) is 30.0 Å². The molecule has 2 atom stereocenters. The van der Waals surface area contributed by atoms with E-state index in [1.807, 2.05) is 71.4 Å². The number of fused-ring (bicyclic) bond motifs is 2. The van der Waals surface area contributed by atoms with Gasteiger partial charge in [-0.2, -0.15) is 5.10 Å². The largest absolute Gasteiger partial charge is 0.457 e. The summed E-state index contributed by atoms with van der Waals surface area (Å²) in [5.41, 5.74) is 10.9. The molecule has 4 saturated heterocycles. The Hall–Kier alpha value is -6.19. The molecule has 3 amide bonds. The van der Waals surface area contributed by atoms with Crippen LogP contribution in [0, 0.1) is 17.2 Å². The lowest BCUT2D eigenvalue weighted by Crippen LogP contribution is -2.61. The molecule has 2 unspecified atom stereocenters. The van der Waals surface area contributed by atoms with E-state index >= 15 is 0 Å². The molecule has 2 aromatic heterocycles. The summed E-state index contributed by atoms with van der Waals surface area (Å²) < 4.78 is 8.03. The van der Waals surface area contributed by atoms with E-state index in [4.69, 9.17) is 21.0 Å². The van der Waals surface area contributed by atoms with Gasteiger partial charge in [0.1, 0.15) is 41.2 Å². The number of hydrogen-bond donors (Lipinski definition) is 3. The van der Waals surface area contributed by atoms with Crippen LogP contribution in [0.3, 0.4) is 0 Å². The number of nitrogen functional groups attached to an aromatic ring is 1. The molecule has 10 rings (SSSR count). The van der Waals surface area contributed by atoms with Crippen molar-refractivity contribution >= 4 is 46.1 Å². The monoisotopic (exact) mass is 793 g/mol. The molecule has 0 radical (unpaired) electrons. The highest BCUT2D eigenvalue weighted by atomic mass is 16.5. The van der Waals surface area contributed by atoms with Gasteiger partial charge in [0.15, 0.2) is 5.65 Å². The van der Waals surface area contributed by atoms with Gasteiger partial charge in [-0.05, 0) is 105 Å². The van der Waals surface area contributed by atoms with Crippen LogP contribution in [0.1, 0.15) is 48.0 Å². The SMILES string of the molecule is N=C1c2cc(N3CCC(CN4CC(N5CCC(Cn6nc(-c7ccc(Oc8ccccc8)cc7)c7c(N)ncnc76)CC5)C4)C3)ccc2C(=O)N1C1CCC(=O)NC1=O. The number of aromatic nitrogens is 4. The number of likely N-dealkylation sites (tertiary alicyclic amines) is 2. The number of amides is 3. The van der Waals surface area contributed by atoms with E-state index in [0.29, 0.717) is 34.8 Å². The lowest BCUT2D eigenvalue weighted by Gasteiger charge is -2.48. The zero-order valence-corrected chi connectivity index (χ0v) is 32.8. The van der Waals surface area contributed by atoms with E-state index < -0.39 is 11.9 Å². The predicted molar refractivity (Wildman–Crippen MR) is 222 cm³/mol. The first-order valence-corrected chi connectivity index (χ1v) is 20.7. The number of nitrogens with two attached hydrogens (primary N) is 1. The Kier molecular flexibility index (Phi) is 9.56. The summed E-state index contributed by atoms with van der Waals surface area (Å²) in [5, 5.41) is 16.9. The molecule has 3 aromatic carbocycles. The van der Waals surface area contributed by atoms with Gasteiger partial charge >= 0.3 is 0 Å². The van der Waals surface area contributed by atoms with E-state index in [1.54, 1.807) is 6.07 Å². The van der Waals surface area contributed by atoms with Gasteiger partial charge in [-0.15, -0.1) is 0 Å². The summed E-state index contributed by atoms with van der Waals surface area (Å²) in [4.78, 5) is 55.2. The lowest BCUT2D eigenvalue weighted by molar-refractivity contribution is -0.135. The van der Waals surface area contributed by atoms with Crippen molar-refractivity contribution in [3.8, 4) is 22.8 Å². The zero-order chi connectivity index (χ0) is 40.2. The van der Waals surface area contributed by atoms with Crippen molar-refractivity contribution in [3.63, 3.8) is 0 Å². The van der Waals surface area contributed by atoms with Gasteiger partial charge in [-0.25, -0.2) is 14.6 Å². The van der Waals surface area contributed by atoms with Crippen molar-refractivity contribution in [2.45, 2.75) is 50.7 Å². The van der Waals surface area contributed by atoms with Crippen LogP contribution < -0.4 is 20.7 Å². The van der Waals surface area contributed by atoms with Crippen LogP contribution in [0.5, 0.6) is 11.5 Å². The first-order valence-electron chi connectivity index (χ1n) is 20.7. The fraction of sp³-hybridized carbons (Fsp3) is 0.386. The van der Waals surface area contributed by atoms with Crippen molar-refractivity contribution in [3.05, 3.63) is 90.3 Å². The molecule has 5 aliphatic rings. The van der Waals surface area contributed by atoms with E-state index in [0.717, 1.165) is 111 Å². The summed E-state index contributed by atoms with van der Waals surface area (Å²) in [6, 6.07) is 23.0. The molecule has 302 valence electrons. The van der Waals surface area contributed by atoms with Crippen molar-refractivity contribution in [2.24, 2.45) is 11.8 Å². The Morgan fingerprint density at radius 3 is 2.36 bits per heavy atom. The predicted octanol–water partition coefficient (Wildman–Crippen LogP) is 4.38. The molecule has 4 N–H and O–H groups in total. The quantitative estimate of drug-likeness (QED) is 0.171. The number of nitrogens with zero attached hydrogens (tertiary/aromatic N) is 8. The van der Waals surface area contributed by atoms with Crippen molar-refractivity contribution in [1.82, 2.24) is 39.8 Å². The van der Waals surface area contributed by atoms with Crippen LogP contribution in [-0.4, -0.2) is 116 Å². The van der Waals surface area contributed by atoms with Gasteiger partial charge < -0.3 is 15.4 Å². The highest BCUT2D eigenvalue weighted by Gasteiger charge is 2.43. The molecular weight excluding hydrogens is 747 g/mol. The topological polar surface area (TPSA) is 179 Å². The van der Waals surface area contributed by atoms with Gasteiger partial charge in [0.05, 0.1) is 10.9 Å². The first-order chi connectivity index (χ1) is 28.8. The number of carbonyl (C=O) groups excluding carboxylic acids is 3. The van der Waals surface area contributed by atoms with Crippen LogP contribution in [0.2, 0.25) is 0 Å². The second-order valence-corrected chi connectivity index (χ2v) is 16.6. The number of imide groups is 1. The number of rotatable bonds is 10. The van der Waals surface area contributed by atoms with Gasteiger partial charge in [0.25, 0.3) is 5.91 Å². The normalized spacial score (nSPS) is 22.0. The third kappa shape index (κ3) is 7.07. The third-order valence-electron chi connectivity index (χ3n) is 12.8. The summed E-state index contributed by atoms with van der Waals surface area (Å²) in [5.74, 6) is 1.82. The molecule has 5 aromatic rings. The highest BCUT2D eigenvalue weighted by molar-refractivity contribution is 6.24. The molecule has 5 aliphatic heterocycles. The van der Waals surface area contributed by atoms with Gasteiger partial charge in [0, 0.05) is 68.5 Å². The molecule has 7 heterocycles. The summed E-state index contributed by atoms with van der Waals surface area (Å²) in [6.07, 6.45) is 5.20. The summed E-state index contributed by atoms with van der Waals surface area (Å²) in [6.45, 7) is 8.03. The standard InChI is InChI=1S/C44H47N11O4/c45-40-38-39(29-6-9-33(10-7-29)59-32-4-2-1-3-5-32)50-54(42(38)48-26-47-40)23-27-14-17-52(18-15-27)31-24-51(25-31)21-28-16-19-53(22-28)30-8-11-34-35(20-30)41(46)55(44(34)58)36-12-13-37(56)49-43(36)57/h1-11,20,26-28,31,36,46H,12-19,21-25H2,(H2,45,47,48)(H,49,56,57). The highest BCUT2D eigenvalue weighted by Crippen LogP contribution is 2.35. The van der Waals surface area contributed by atoms with Crippen LogP contribution in [0.15, 0.2) is 79.1 Å². The fourth-order valence-electron chi connectivity index (χ4n) is 9.61. The fourth-order valence-corrected chi connectivity index (χ4v) is 9.61. The van der Waals surface area contributed by atoms with Crippen LogP contribution >= 0.6 is 0 Å². The second kappa shape index (κ2) is 15.2. The maximum atomic E-state index is 13.2. The van der Waals surface area contributed by atoms with Crippen molar-refractivity contribution in [2.75, 3.05) is 56.4 Å². The third-order valence-corrected chi connectivity index (χ3v) is 12.8. The van der Waals surface area contributed by atoms with Gasteiger partial charge in [0.2, 0.25) is 11.8 Å². The summed E-state index contributed by atoms with van der Waals surface area (Å²) >= 11 is 0. The Morgan fingerprint density at radius 2 is 1.58 bits per heavy atom. The number of anilines is 2. The Labute approximate surface area is 341 Å². The van der Waals surface area contributed by atoms with Crippen molar-refractivity contribution in [1.29, 1.82) is 5.41 Å². The van der Waals surface area contributed by atoms with Crippen molar-refractivity contribution < 1.29 is 19.1 Å². The maximum Gasteiger partial charge on any atom is 0.260 e. The molecule has 4 fully saturated rings. The first kappa shape index (κ1) is 37.1. The Balaban J connectivity index is 0.706. The number of piperidine rings is 2. The molecule has 0 bridgehead atoms. The zero-order valence-electron chi connectivity index (χ0n) is 32.8. The van der Waals surface area contributed by atoms with E-state index in [-0.39, 0.29) is 30.5 Å².